The van der Waals surface area contributed by atoms with Gasteiger partial charge in [0.05, 0.1) is 32.6 Å². The predicted molar refractivity (Wildman–Crippen MR) is 106 cm³/mol. The van der Waals surface area contributed by atoms with E-state index >= 15 is 0 Å². The topological polar surface area (TPSA) is 89.7 Å². The zero-order chi connectivity index (χ0) is 20.1. The highest BCUT2D eigenvalue weighted by molar-refractivity contribution is 6.02. The van der Waals surface area contributed by atoms with Crippen molar-refractivity contribution in [3.05, 3.63) is 53.7 Å². The third kappa shape index (κ3) is 3.93. The Hall–Kier alpha value is -3.48. The SMILES string of the molecule is COC(=O)c1cc(OC)c(OC)cc1NC(=O)CCc1c[nH]c2ccccc12. The highest BCUT2D eigenvalue weighted by Gasteiger charge is 2.19. The van der Waals surface area contributed by atoms with Gasteiger partial charge in [0, 0.05) is 35.7 Å². The minimum absolute atomic E-state index is 0.195. The number of fused-ring (bicyclic) bond motifs is 1. The van der Waals surface area contributed by atoms with Crippen molar-refractivity contribution in [2.45, 2.75) is 12.8 Å². The van der Waals surface area contributed by atoms with Crippen molar-refractivity contribution in [1.29, 1.82) is 0 Å². The molecular weight excluding hydrogens is 360 g/mol. The molecule has 1 amide bonds. The van der Waals surface area contributed by atoms with E-state index in [0.29, 0.717) is 23.6 Å². The maximum Gasteiger partial charge on any atom is 0.340 e. The molecule has 1 aromatic heterocycles. The van der Waals surface area contributed by atoms with Gasteiger partial charge in [0.15, 0.2) is 11.5 Å². The van der Waals surface area contributed by atoms with Crippen molar-refractivity contribution >= 4 is 28.5 Å². The minimum atomic E-state index is -0.576. The first kappa shape index (κ1) is 19.3. The van der Waals surface area contributed by atoms with E-state index in [1.165, 1.54) is 27.4 Å². The normalized spacial score (nSPS) is 10.5. The number of hydrogen-bond donors (Lipinski definition) is 2. The number of amides is 1. The fourth-order valence-electron chi connectivity index (χ4n) is 3.06. The molecule has 146 valence electrons. The first-order chi connectivity index (χ1) is 13.6. The molecule has 0 radical (unpaired) electrons. The molecule has 28 heavy (non-hydrogen) atoms. The van der Waals surface area contributed by atoms with Crippen LogP contribution in [0.25, 0.3) is 10.9 Å². The molecule has 0 unspecified atom stereocenters. The molecule has 0 spiro atoms. The third-order valence-electron chi connectivity index (χ3n) is 4.50. The van der Waals surface area contributed by atoms with Crippen molar-refractivity contribution in [1.82, 2.24) is 4.98 Å². The van der Waals surface area contributed by atoms with Gasteiger partial charge in [-0.15, -0.1) is 0 Å². The van der Waals surface area contributed by atoms with Gasteiger partial charge in [-0.3, -0.25) is 4.79 Å². The molecule has 1 heterocycles. The molecule has 0 fully saturated rings. The quantitative estimate of drug-likeness (QED) is 0.610. The van der Waals surface area contributed by atoms with Crippen LogP contribution in [0.1, 0.15) is 22.3 Å². The second-order valence-corrected chi connectivity index (χ2v) is 6.15. The number of aromatic nitrogens is 1. The van der Waals surface area contributed by atoms with Crippen molar-refractivity contribution in [3.63, 3.8) is 0 Å². The van der Waals surface area contributed by atoms with E-state index in [0.717, 1.165) is 16.5 Å². The number of esters is 1. The van der Waals surface area contributed by atoms with Gasteiger partial charge in [0.1, 0.15) is 0 Å². The summed E-state index contributed by atoms with van der Waals surface area (Å²) in [6, 6.07) is 11.0. The lowest BCUT2D eigenvalue weighted by Gasteiger charge is -2.14. The Morgan fingerprint density at radius 1 is 1.04 bits per heavy atom. The van der Waals surface area contributed by atoms with E-state index in [1.54, 1.807) is 6.07 Å². The number of para-hydroxylation sites is 1. The van der Waals surface area contributed by atoms with Crippen LogP contribution in [-0.4, -0.2) is 38.2 Å². The van der Waals surface area contributed by atoms with Crippen molar-refractivity contribution < 1.29 is 23.8 Å². The number of carbonyl (C=O) groups excluding carboxylic acids is 2. The van der Waals surface area contributed by atoms with Crippen LogP contribution >= 0.6 is 0 Å². The fraction of sp³-hybridized carbons (Fsp3) is 0.238. The molecule has 7 nitrogen and oxygen atoms in total. The fourth-order valence-corrected chi connectivity index (χ4v) is 3.06. The van der Waals surface area contributed by atoms with Gasteiger partial charge in [0.2, 0.25) is 5.91 Å². The van der Waals surface area contributed by atoms with Gasteiger partial charge in [-0.1, -0.05) is 18.2 Å². The highest BCUT2D eigenvalue weighted by Crippen LogP contribution is 2.34. The molecule has 2 aromatic carbocycles. The predicted octanol–water partition coefficient (Wildman–Crippen LogP) is 3.54. The van der Waals surface area contributed by atoms with Crippen LogP contribution in [0.5, 0.6) is 11.5 Å². The van der Waals surface area contributed by atoms with Crippen LogP contribution < -0.4 is 14.8 Å². The number of methoxy groups -OCH3 is 3. The van der Waals surface area contributed by atoms with Gasteiger partial charge in [0.25, 0.3) is 0 Å². The Morgan fingerprint density at radius 3 is 2.46 bits per heavy atom. The van der Waals surface area contributed by atoms with Gasteiger partial charge >= 0.3 is 5.97 Å². The number of hydrogen-bond acceptors (Lipinski definition) is 5. The number of nitrogens with one attached hydrogen (secondary N) is 2. The molecule has 0 atom stereocenters. The summed E-state index contributed by atoms with van der Waals surface area (Å²) in [7, 11) is 4.23. The van der Waals surface area contributed by atoms with E-state index in [-0.39, 0.29) is 17.9 Å². The Labute approximate surface area is 162 Å². The van der Waals surface area contributed by atoms with E-state index in [1.807, 2.05) is 30.5 Å². The third-order valence-corrected chi connectivity index (χ3v) is 4.50. The molecule has 2 N–H and O–H groups in total. The van der Waals surface area contributed by atoms with Crippen molar-refractivity contribution in [2.75, 3.05) is 26.6 Å². The largest absolute Gasteiger partial charge is 0.493 e. The number of aryl methyl sites for hydroxylation is 1. The van der Waals surface area contributed by atoms with Crippen LogP contribution in [-0.2, 0) is 16.0 Å². The maximum atomic E-state index is 12.5. The number of aromatic amines is 1. The first-order valence-electron chi connectivity index (χ1n) is 8.76. The van der Waals surface area contributed by atoms with Crippen LogP contribution in [0, 0.1) is 0 Å². The Bertz CT molecular complexity index is 1010. The standard InChI is InChI=1S/C21H22N2O5/c1-26-18-10-15(21(25)28-3)17(11-19(18)27-2)23-20(24)9-8-13-12-22-16-7-5-4-6-14(13)16/h4-7,10-12,22H,8-9H2,1-3H3,(H,23,24). The molecule has 0 aliphatic rings. The van der Waals surface area contributed by atoms with Gasteiger partial charge in [-0.25, -0.2) is 4.79 Å². The number of carbonyl (C=O) groups is 2. The molecule has 0 saturated carbocycles. The lowest BCUT2D eigenvalue weighted by Crippen LogP contribution is -2.16. The second-order valence-electron chi connectivity index (χ2n) is 6.15. The molecule has 0 aliphatic heterocycles. The second kappa shape index (κ2) is 8.47. The van der Waals surface area contributed by atoms with E-state index in [2.05, 4.69) is 10.3 Å². The van der Waals surface area contributed by atoms with Crippen LogP contribution in [0.3, 0.4) is 0 Å². The zero-order valence-corrected chi connectivity index (χ0v) is 16.0. The molecule has 7 heteroatoms. The lowest BCUT2D eigenvalue weighted by atomic mass is 10.1. The minimum Gasteiger partial charge on any atom is -0.493 e. The number of ether oxygens (including phenoxy) is 3. The summed E-state index contributed by atoms with van der Waals surface area (Å²) in [5.74, 6) is -0.0164. The summed E-state index contributed by atoms with van der Waals surface area (Å²) in [5.41, 5.74) is 2.60. The smallest absolute Gasteiger partial charge is 0.340 e. The average molecular weight is 382 g/mol. The van der Waals surface area contributed by atoms with E-state index in [4.69, 9.17) is 14.2 Å². The summed E-state index contributed by atoms with van der Waals surface area (Å²) in [5, 5.41) is 3.87. The maximum absolute atomic E-state index is 12.5. The molecular formula is C21H22N2O5. The van der Waals surface area contributed by atoms with E-state index in [9.17, 15) is 9.59 Å². The molecule has 3 rings (SSSR count). The molecule has 0 saturated heterocycles. The van der Waals surface area contributed by atoms with E-state index < -0.39 is 5.97 Å². The Balaban J connectivity index is 1.78. The molecule has 0 bridgehead atoms. The number of H-pyrrole nitrogens is 1. The van der Waals surface area contributed by atoms with Crippen LogP contribution in [0.4, 0.5) is 5.69 Å². The Morgan fingerprint density at radius 2 is 1.75 bits per heavy atom. The summed E-state index contributed by atoms with van der Waals surface area (Å²) < 4.78 is 15.3. The lowest BCUT2D eigenvalue weighted by molar-refractivity contribution is -0.116. The van der Waals surface area contributed by atoms with Crippen LogP contribution in [0.15, 0.2) is 42.6 Å². The van der Waals surface area contributed by atoms with Gasteiger partial charge in [-0.05, 0) is 18.1 Å². The first-order valence-corrected chi connectivity index (χ1v) is 8.76. The molecule has 0 aliphatic carbocycles. The number of rotatable bonds is 7. The summed E-state index contributed by atoms with van der Waals surface area (Å²) in [6.07, 6.45) is 2.74. The number of benzene rings is 2. The van der Waals surface area contributed by atoms with Crippen LogP contribution in [0.2, 0.25) is 0 Å². The molecule has 3 aromatic rings. The average Bonchev–Trinajstić information content (AvgIpc) is 3.14. The van der Waals surface area contributed by atoms with Crippen molar-refractivity contribution in [2.24, 2.45) is 0 Å². The monoisotopic (exact) mass is 382 g/mol. The number of anilines is 1. The van der Waals surface area contributed by atoms with Gasteiger partial charge in [-0.2, -0.15) is 0 Å². The Kier molecular flexibility index (Phi) is 5.84. The van der Waals surface area contributed by atoms with Crippen molar-refractivity contribution in [3.8, 4) is 11.5 Å². The highest BCUT2D eigenvalue weighted by atomic mass is 16.5. The summed E-state index contributed by atoms with van der Waals surface area (Å²) in [6.45, 7) is 0. The summed E-state index contributed by atoms with van der Waals surface area (Å²) in [4.78, 5) is 27.8. The zero-order valence-electron chi connectivity index (χ0n) is 16.0. The summed E-state index contributed by atoms with van der Waals surface area (Å²) >= 11 is 0. The van der Waals surface area contributed by atoms with Gasteiger partial charge < -0.3 is 24.5 Å².